The van der Waals surface area contributed by atoms with Crippen LogP contribution in [-0.2, 0) is 6.54 Å². The maximum atomic E-state index is 14.0. The van der Waals surface area contributed by atoms with Gasteiger partial charge in [0.1, 0.15) is 28.4 Å². The quantitative estimate of drug-likeness (QED) is 0.256. The number of carbonyl (C=O) groups is 2. The topological polar surface area (TPSA) is 111 Å². The predicted octanol–water partition coefficient (Wildman–Crippen LogP) is 4.75. The Morgan fingerprint density at radius 2 is 1.83 bits per heavy atom. The van der Waals surface area contributed by atoms with Gasteiger partial charge in [0.15, 0.2) is 5.82 Å². The summed E-state index contributed by atoms with van der Waals surface area (Å²) in [5, 5.41) is 1.07. The number of hydrogen-bond donors (Lipinski definition) is 0. The summed E-state index contributed by atoms with van der Waals surface area (Å²) >= 11 is 0. The molecule has 4 atom stereocenters. The Morgan fingerprint density at radius 3 is 2.60 bits per heavy atom. The lowest BCUT2D eigenvalue weighted by Crippen LogP contribution is -2.53. The molecule has 0 N–H and O–H groups in total. The minimum Gasteiger partial charge on any atom is -0.494 e. The molecule has 3 unspecified atom stereocenters. The van der Waals surface area contributed by atoms with Crippen molar-refractivity contribution < 1.29 is 14.3 Å². The number of aromatic nitrogens is 6. The molecule has 0 radical (unpaired) electrons. The van der Waals surface area contributed by atoms with E-state index in [0.717, 1.165) is 59.0 Å². The second kappa shape index (κ2) is 9.85. The van der Waals surface area contributed by atoms with Gasteiger partial charge in [-0.2, -0.15) is 0 Å². The number of carbonyl (C=O) groups excluding carboxylic acids is 2. The highest BCUT2D eigenvalue weighted by Crippen LogP contribution is 2.61. The van der Waals surface area contributed by atoms with E-state index in [2.05, 4.69) is 36.1 Å². The standard InChI is InChI=1S/C36H36N8O3/c1-19-37-9-7-26(39-19)36(46)41-17-25(18-41)44-32-27(40-34(44)29-12-21-4-3-8-38-33(21)42(29)15-20-5-6-20)11-23(14-30(32)47-2)35(45)43-16-24-10-22-13-28(43)31(22)24/h3-4,7-9,11-12,14,20,22,24-25,28,31H,5-6,10,13,15-18H2,1-2H3/t22?,24?,28?,31-/m1/s1. The number of likely N-dealkylation sites (tertiary alicyclic amines) is 2. The van der Waals surface area contributed by atoms with E-state index in [-0.39, 0.29) is 17.9 Å². The molecule has 5 fully saturated rings. The summed E-state index contributed by atoms with van der Waals surface area (Å²) in [6.07, 6.45) is 8.30. The van der Waals surface area contributed by atoms with Crippen molar-refractivity contribution in [2.24, 2.45) is 23.7 Å². The first-order chi connectivity index (χ1) is 22.9. The van der Waals surface area contributed by atoms with Crippen LogP contribution in [-0.4, -0.2) is 83.5 Å². The highest BCUT2D eigenvalue weighted by Gasteiger charge is 2.61. The third-order valence-electron chi connectivity index (χ3n) is 11.5. The lowest BCUT2D eigenvalue weighted by atomic mass is 9.53. The molecule has 2 amide bonds. The van der Waals surface area contributed by atoms with Gasteiger partial charge in [0.25, 0.3) is 11.8 Å². The van der Waals surface area contributed by atoms with Crippen LogP contribution in [0.1, 0.15) is 58.4 Å². The first-order valence-electron chi connectivity index (χ1n) is 16.9. The molecule has 4 aromatic heterocycles. The molecule has 5 aliphatic rings. The molecule has 0 bridgehead atoms. The summed E-state index contributed by atoms with van der Waals surface area (Å²) in [6.45, 7) is 4.53. The van der Waals surface area contributed by atoms with Crippen LogP contribution in [0.15, 0.2) is 48.8 Å². The third kappa shape index (κ3) is 4.04. The summed E-state index contributed by atoms with van der Waals surface area (Å²) in [5.74, 6) is 4.77. The summed E-state index contributed by atoms with van der Waals surface area (Å²) in [5.41, 5.74) is 4.53. The lowest BCUT2D eigenvalue weighted by Gasteiger charge is -2.52. The number of aryl methyl sites for hydroxylation is 1. The number of rotatable bonds is 7. The molecule has 0 spiro atoms. The molecule has 10 rings (SSSR count). The van der Waals surface area contributed by atoms with Crippen LogP contribution in [0.2, 0.25) is 0 Å². The van der Waals surface area contributed by atoms with Gasteiger partial charge in [-0.3, -0.25) is 9.59 Å². The van der Waals surface area contributed by atoms with Crippen LogP contribution in [0.5, 0.6) is 5.75 Å². The largest absolute Gasteiger partial charge is 0.494 e. The van der Waals surface area contributed by atoms with E-state index in [1.807, 2.05) is 29.3 Å². The molecule has 3 aliphatic carbocycles. The van der Waals surface area contributed by atoms with Gasteiger partial charge in [0, 0.05) is 55.6 Å². The minimum atomic E-state index is -0.109. The normalized spacial score (nSPS) is 24.6. The Hall–Kier alpha value is -4.80. The number of ether oxygens (including phenoxy) is 1. The Balaban J connectivity index is 1.09. The Bertz CT molecular complexity index is 2130. The van der Waals surface area contributed by atoms with Gasteiger partial charge in [-0.05, 0) is 92.7 Å². The Morgan fingerprint density at radius 1 is 0.957 bits per heavy atom. The van der Waals surface area contributed by atoms with Crippen molar-refractivity contribution in [2.45, 2.75) is 51.2 Å². The van der Waals surface area contributed by atoms with Gasteiger partial charge in [-0.15, -0.1) is 0 Å². The fraction of sp³-hybridized carbons (Fsp3) is 0.444. The molecule has 2 saturated heterocycles. The van der Waals surface area contributed by atoms with Gasteiger partial charge in [-0.1, -0.05) is 0 Å². The molecular weight excluding hydrogens is 592 g/mol. The molecule has 11 heteroatoms. The smallest absolute Gasteiger partial charge is 0.272 e. The second-order valence-corrected chi connectivity index (χ2v) is 14.3. The van der Waals surface area contributed by atoms with Crippen LogP contribution >= 0.6 is 0 Å². The van der Waals surface area contributed by atoms with Crippen molar-refractivity contribution in [1.82, 2.24) is 38.9 Å². The van der Waals surface area contributed by atoms with Gasteiger partial charge >= 0.3 is 0 Å². The van der Waals surface area contributed by atoms with Crippen molar-refractivity contribution in [3.8, 4) is 17.3 Å². The minimum absolute atomic E-state index is 0.0428. The number of fused-ring (bicyclic) bond motifs is 2. The average molecular weight is 629 g/mol. The number of hydrogen-bond acceptors (Lipinski definition) is 7. The zero-order valence-electron chi connectivity index (χ0n) is 26.5. The van der Waals surface area contributed by atoms with Gasteiger partial charge in [-0.25, -0.2) is 19.9 Å². The van der Waals surface area contributed by atoms with E-state index in [1.54, 1.807) is 26.3 Å². The summed E-state index contributed by atoms with van der Waals surface area (Å²) in [4.78, 5) is 49.9. The maximum Gasteiger partial charge on any atom is 0.272 e. The van der Waals surface area contributed by atoms with Gasteiger partial charge in [0.2, 0.25) is 0 Å². The number of benzene rings is 1. The Labute approximate surface area is 271 Å². The summed E-state index contributed by atoms with van der Waals surface area (Å²) < 4.78 is 10.6. The van der Waals surface area contributed by atoms with Crippen LogP contribution in [0, 0.1) is 30.6 Å². The molecule has 47 heavy (non-hydrogen) atoms. The molecule has 2 aliphatic heterocycles. The monoisotopic (exact) mass is 628 g/mol. The van der Waals surface area contributed by atoms with Gasteiger partial charge < -0.3 is 23.7 Å². The Kier molecular flexibility index (Phi) is 5.73. The highest BCUT2D eigenvalue weighted by molar-refractivity contribution is 6.01. The number of imidazole rings is 1. The number of methoxy groups -OCH3 is 1. The molecule has 3 saturated carbocycles. The maximum absolute atomic E-state index is 14.0. The van der Waals surface area contributed by atoms with Crippen molar-refractivity contribution >= 4 is 33.9 Å². The summed E-state index contributed by atoms with van der Waals surface area (Å²) in [7, 11) is 1.66. The molecular formula is C36H36N8O3. The average Bonchev–Trinajstić information content (AvgIpc) is 3.69. The molecule has 5 aromatic rings. The van der Waals surface area contributed by atoms with Crippen molar-refractivity contribution in [2.75, 3.05) is 26.7 Å². The van der Waals surface area contributed by atoms with E-state index in [0.29, 0.717) is 59.7 Å². The van der Waals surface area contributed by atoms with E-state index in [1.165, 1.54) is 19.3 Å². The third-order valence-corrected chi connectivity index (χ3v) is 11.5. The highest BCUT2D eigenvalue weighted by atomic mass is 16.5. The summed E-state index contributed by atoms with van der Waals surface area (Å²) in [6, 6.07) is 12.1. The fourth-order valence-corrected chi connectivity index (χ4v) is 8.91. The molecule has 11 nitrogen and oxygen atoms in total. The molecule has 6 heterocycles. The van der Waals surface area contributed by atoms with Gasteiger partial charge in [0.05, 0.1) is 24.4 Å². The van der Waals surface area contributed by atoms with Crippen LogP contribution in [0.25, 0.3) is 33.6 Å². The van der Waals surface area contributed by atoms with E-state index >= 15 is 0 Å². The van der Waals surface area contributed by atoms with Crippen LogP contribution < -0.4 is 4.74 Å². The molecule has 238 valence electrons. The van der Waals surface area contributed by atoms with E-state index in [4.69, 9.17) is 14.7 Å². The van der Waals surface area contributed by atoms with E-state index in [9.17, 15) is 9.59 Å². The number of nitrogens with zero attached hydrogens (tertiary/aromatic N) is 8. The van der Waals surface area contributed by atoms with Crippen molar-refractivity contribution in [1.29, 1.82) is 0 Å². The van der Waals surface area contributed by atoms with Crippen molar-refractivity contribution in [3.05, 3.63) is 65.9 Å². The fourth-order valence-electron chi connectivity index (χ4n) is 8.91. The number of pyridine rings is 1. The zero-order chi connectivity index (χ0) is 31.6. The molecule has 1 aromatic carbocycles. The van der Waals surface area contributed by atoms with E-state index < -0.39 is 0 Å². The SMILES string of the molecule is COc1cc(C(=O)N2CC3CC4CC2[C@H]43)cc2nc(-c3cc4cccnc4n3CC3CC3)n(C3CN(C(=O)c4ccnc(C)n4)C3)c12. The number of amides is 2. The zero-order valence-corrected chi connectivity index (χ0v) is 26.5. The van der Waals surface area contributed by atoms with Crippen LogP contribution in [0.3, 0.4) is 0 Å². The van der Waals surface area contributed by atoms with Crippen molar-refractivity contribution in [3.63, 3.8) is 0 Å². The lowest BCUT2D eigenvalue weighted by molar-refractivity contribution is -0.0204. The second-order valence-electron chi connectivity index (χ2n) is 14.3. The predicted molar refractivity (Wildman–Crippen MR) is 174 cm³/mol. The van der Waals surface area contributed by atoms with Crippen LogP contribution in [0.4, 0.5) is 0 Å². The first kappa shape index (κ1) is 27.3. The first-order valence-corrected chi connectivity index (χ1v) is 16.9.